The van der Waals surface area contributed by atoms with Gasteiger partial charge in [-0.15, -0.1) is 0 Å². The standard InChI is InChI=1S/C24H31N/c1-2-4-16(5-3-1)15-25-22-6-7-23(25)14-21(13-22)24-19-9-17-8-18(11-19)12-20(24)10-17/h1-5,13,17-20,22-24H,6-12,14-15H2. The molecule has 2 aliphatic heterocycles. The fourth-order valence-electron chi connectivity index (χ4n) is 7.77. The molecule has 4 aliphatic carbocycles. The molecule has 0 aromatic heterocycles. The zero-order valence-electron chi connectivity index (χ0n) is 15.3. The first-order valence-corrected chi connectivity index (χ1v) is 10.8. The van der Waals surface area contributed by atoms with Crippen LogP contribution in [0.1, 0.15) is 56.9 Å². The minimum Gasteiger partial charge on any atom is -0.289 e. The predicted octanol–water partition coefficient (Wildman–Crippen LogP) is 5.42. The van der Waals surface area contributed by atoms with Gasteiger partial charge in [0, 0.05) is 18.6 Å². The lowest BCUT2D eigenvalue weighted by Gasteiger charge is -2.56. The third kappa shape index (κ3) is 2.46. The van der Waals surface area contributed by atoms with Crippen LogP contribution in [0.3, 0.4) is 0 Å². The van der Waals surface area contributed by atoms with Crippen molar-refractivity contribution in [3.8, 4) is 0 Å². The van der Waals surface area contributed by atoms with Crippen LogP contribution < -0.4 is 0 Å². The van der Waals surface area contributed by atoms with Crippen molar-refractivity contribution in [1.29, 1.82) is 0 Å². The molecule has 132 valence electrons. The molecule has 1 heteroatoms. The smallest absolute Gasteiger partial charge is 0.0288 e. The van der Waals surface area contributed by atoms with Crippen LogP contribution in [-0.2, 0) is 6.54 Å². The lowest BCUT2D eigenvalue weighted by atomic mass is 9.50. The molecule has 7 rings (SSSR count). The van der Waals surface area contributed by atoms with Crippen molar-refractivity contribution in [2.24, 2.45) is 29.6 Å². The second kappa shape index (κ2) is 5.71. The average Bonchev–Trinajstić information content (AvgIpc) is 2.84. The highest BCUT2D eigenvalue weighted by molar-refractivity contribution is 5.25. The SMILES string of the molecule is C1=C(C2C3CC4CC(C3)CC2C4)CC2CCC1N2Cc1ccccc1. The molecule has 6 bridgehead atoms. The van der Waals surface area contributed by atoms with Crippen LogP contribution in [0.5, 0.6) is 0 Å². The van der Waals surface area contributed by atoms with E-state index in [9.17, 15) is 0 Å². The molecule has 4 saturated carbocycles. The van der Waals surface area contributed by atoms with E-state index in [-0.39, 0.29) is 0 Å². The van der Waals surface area contributed by atoms with E-state index < -0.39 is 0 Å². The van der Waals surface area contributed by atoms with Crippen LogP contribution in [-0.4, -0.2) is 17.0 Å². The summed E-state index contributed by atoms with van der Waals surface area (Å²) >= 11 is 0. The third-order valence-corrected chi connectivity index (χ3v) is 8.43. The number of hydrogen-bond donors (Lipinski definition) is 0. The Morgan fingerprint density at radius 3 is 2.24 bits per heavy atom. The van der Waals surface area contributed by atoms with Gasteiger partial charge in [-0.2, -0.15) is 0 Å². The largest absolute Gasteiger partial charge is 0.289 e. The summed E-state index contributed by atoms with van der Waals surface area (Å²) in [6, 6.07) is 12.7. The monoisotopic (exact) mass is 333 g/mol. The summed E-state index contributed by atoms with van der Waals surface area (Å²) in [7, 11) is 0. The highest BCUT2D eigenvalue weighted by Gasteiger charge is 2.50. The first kappa shape index (κ1) is 15.0. The van der Waals surface area contributed by atoms with E-state index in [4.69, 9.17) is 0 Å². The maximum absolute atomic E-state index is 2.81. The highest BCUT2D eigenvalue weighted by Crippen LogP contribution is 2.59. The van der Waals surface area contributed by atoms with Crippen molar-refractivity contribution >= 4 is 0 Å². The average molecular weight is 334 g/mol. The van der Waals surface area contributed by atoms with Gasteiger partial charge in [-0.3, -0.25) is 4.90 Å². The molecular formula is C24H31N. The maximum atomic E-state index is 2.81. The summed E-state index contributed by atoms with van der Waals surface area (Å²) in [6.45, 7) is 1.15. The van der Waals surface area contributed by atoms with E-state index in [2.05, 4.69) is 41.3 Å². The number of fused-ring (bicyclic) bond motifs is 2. The summed E-state index contributed by atoms with van der Waals surface area (Å²) in [4.78, 5) is 2.81. The summed E-state index contributed by atoms with van der Waals surface area (Å²) in [6.07, 6.45) is 14.8. The van der Waals surface area contributed by atoms with Crippen molar-refractivity contribution in [2.75, 3.05) is 0 Å². The van der Waals surface area contributed by atoms with Crippen molar-refractivity contribution in [1.82, 2.24) is 4.90 Å². The number of rotatable bonds is 3. The summed E-state index contributed by atoms with van der Waals surface area (Å²) in [5, 5.41) is 0. The molecular weight excluding hydrogens is 302 g/mol. The van der Waals surface area contributed by atoms with Gasteiger partial charge in [-0.05, 0) is 86.5 Å². The minimum atomic E-state index is 0.728. The van der Waals surface area contributed by atoms with Gasteiger partial charge in [-0.1, -0.05) is 42.0 Å². The third-order valence-electron chi connectivity index (χ3n) is 8.43. The fraction of sp³-hybridized carbons (Fsp3) is 0.667. The van der Waals surface area contributed by atoms with Gasteiger partial charge in [0.25, 0.3) is 0 Å². The molecule has 2 unspecified atom stereocenters. The molecule has 0 spiro atoms. The Kier molecular flexibility index (Phi) is 3.43. The molecule has 0 radical (unpaired) electrons. The highest BCUT2D eigenvalue weighted by atomic mass is 15.2. The van der Waals surface area contributed by atoms with Crippen LogP contribution in [0.15, 0.2) is 42.0 Å². The molecule has 25 heavy (non-hydrogen) atoms. The molecule has 1 aromatic rings. The zero-order chi connectivity index (χ0) is 16.4. The van der Waals surface area contributed by atoms with E-state index >= 15 is 0 Å². The van der Waals surface area contributed by atoms with E-state index in [1.54, 1.807) is 32.1 Å². The Morgan fingerprint density at radius 2 is 1.56 bits per heavy atom. The van der Waals surface area contributed by atoms with E-state index in [1.165, 1.54) is 24.8 Å². The number of hydrogen-bond acceptors (Lipinski definition) is 1. The summed E-state index contributed by atoms with van der Waals surface area (Å²) in [5.41, 5.74) is 3.40. The molecule has 5 fully saturated rings. The van der Waals surface area contributed by atoms with E-state index in [1.807, 2.05) is 5.57 Å². The van der Waals surface area contributed by atoms with E-state index in [0.29, 0.717) is 0 Å². The predicted molar refractivity (Wildman–Crippen MR) is 102 cm³/mol. The van der Waals surface area contributed by atoms with Crippen molar-refractivity contribution in [3.05, 3.63) is 47.5 Å². The molecule has 1 saturated heterocycles. The molecule has 0 N–H and O–H groups in total. The van der Waals surface area contributed by atoms with Gasteiger partial charge < -0.3 is 0 Å². The Morgan fingerprint density at radius 1 is 0.840 bits per heavy atom. The number of nitrogens with zero attached hydrogens (tertiary/aromatic N) is 1. The Balaban J connectivity index is 1.24. The van der Waals surface area contributed by atoms with Crippen LogP contribution in [0.2, 0.25) is 0 Å². The van der Waals surface area contributed by atoms with Gasteiger partial charge in [0.1, 0.15) is 0 Å². The first-order valence-electron chi connectivity index (χ1n) is 10.8. The van der Waals surface area contributed by atoms with Crippen molar-refractivity contribution in [2.45, 2.75) is 70.0 Å². The van der Waals surface area contributed by atoms with Crippen LogP contribution in [0, 0.1) is 29.6 Å². The van der Waals surface area contributed by atoms with Crippen molar-refractivity contribution in [3.63, 3.8) is 0 Å². The van der Waals surface area contributed by atoms with Crippen LogP contribution in [0.4, 0.5) is 0 Å². The molecule has 2 atom stereocenters. The second-order valence-corrected chi connectivity index (χ2v) is 9.86. The van der Waals surface area contributed by atoms with Gasteiger partial charge in [-0.25, -0.2) is 0 Å². The summed E-state index contributed by atoms with van der Waals surface area (Å²) < 4.78 is 0. The zero-order valence-corrected chi connectivity index (χ0v) is 15.3. The van der Waals surface area contributed by atoms with Crippen LogP contribution in [0.25, 0.3) is 0 Å². The molecule has 2 heterocycles. The molecule has 1 aromatic carbocycles. The lowest BCUT2D eigenvalue weighted by molar-refractivity contribution is -0.0244. The van der Waals surface area contributed by atoms with Crippen LogP contribution >= 0.6 is 0 Å². The van der Waals surface area contributed by atoms with Gasteiger partial charge in [0.15, 0.2) is 0 Å². The Bertz CT molecular complexity index is 647. The second-order valence-electron chi connectivity index (χ2n) is 9.86. The first-order chi connectivity index (χ1) is 12.3. The van der Waals surface area contributed by atoms with Gasteiger partial charge in [0.05, 0.1) is 0 Å². The Hall–Kier alpha value is -1.08. The quantitative estimate of drug-likeness (QED) is 0.667. The molecule has 6 aliphatic rings. The normalized spacial score (nSPS) is 45.0. The number of benzene rings is 1. The van der Waals surface area contributed by atoms with Gasteiger partial charge in [0.2, 0.25) is 0 Å². The van der Waals surface area contributed by atoms with E-state index in [0.717, 1.165) is 48.2 Å². The van der Waals surface area contributed by atoms with Crippen molar-refractivity contribution < 1.29 is 0 Å². The Labute approximate surface area is 152 Å². The topological polar surface area (TPSA) is 3.24 Å². The maximum Gasteiger partial charge on any atom is 0.0288 e. The molecule has 0 amide bonds. The van der Waals surface area contributed by atoms with Gasteiger partial charge >= 0.3 is 0 Å². The lowest BCUT2D eigenvalue weighted by Crippen LogP contribution is -2.47. The molecule has 1 nitrogen and oxygen atoms in total. The minimum absolute atomic E-state index is 0.728. The fourth-order valence-corrected chi connectivity index (χ4v) is 7.77. The summed E-state index contributed by atoms with van der Waals surface area (Å²) in [5.74, 6) is 5.31.